The third kappa shape index (κ3) is 4.62. The van der Waals surface area contributed by atoms with E-state index in [0.717, 1.165) is 31.6 Å². The average Bonchev–Trinajstić information content (AvgIpc) is 2.88. The minimum Gasteiger partial charge on any atom is -0.381 e. The van der Waals surface area contributed by atoms with Crippen LogP contribution in [0.15, 0.2) is 0 Å². The number of nitrogens with one attached hydrogen (secondary N) is 1. The van der Waals surface area contributed by atoms with Gasteiger partial charge in [0.15, 0.2) is 0 Å². The summed E-state index contributed by atoms with van der Waals surface area (Å²) in [7, 11) is 0. The molecular formula is C15H30N2OS. The molecule has 3 nitrogen and oxygen atoms in total. The first-order valence-electron chi connectivity index (χ1n) is 7.90. The van der Waals surface area contributed by atoms with Gasteiger partial charge in [-0.3, -0.25) is 0 Å². The topological polar surface area (TPSA) is 24.5 Å². The van der Waals surface area contributed by atoms with Crippen LogP contribution in [-0.2, 0) is 4.74 Å². The lowest BCUT2D eigenvalue weighted by molar-refractivity contribution is 0.109. The second-order valence-corrected chi connectivity index (χ2v) is 7.52. The van der Waals surface area contributed by atoms with Gasteiger partial charge in [0.1, 0.15) is 0 Å². The molecule has 2 aliphatic heterocycles. The van der Waals surface area contributed by atoms with Gasteiger partial charge in [-0.05, 0) is 25.8 Å². The maximum absolute atomic E-state index is 5.71. The fourth-order valence-corrected chi connectivity index (χ4v) is 4.39. The van der Waals surface area contributed by atoms with Crippen LogP contribution >= 0.6 is 11.8 Å². The van der Waals surface area contributed by atoms with Crippen LogP contribution in [0.3, 0.4) is 0 Å². The summed E-state index contributed by atoms with van der Waals surface area (Å²) in [4.78, 5) is 2.69. The van der Waals surface area contributed by atoms with Gasteiger partial charge in [0.2, 0.25) is 0 Å². The third-order valence-electron chi connectivity index (χ3n) is 4.35. The van der Waals surface area contributed by atoms with Gasteiger partial charge in [0.05, 0.1) is 6.61 Å². The summed E-state index contributed by atoms with van der Waals surface area (Å²) in [6.45, 7) is 12.5. The standard InChI is InChI=1S/C15H30N2OS/c1-3-6-16-11-15(5-8-18-13-15)12-17-7-9-19-14(4-2)10-17/h14,16H,3-13H2,1-2H3. The summed E-state index contributed by atoms with van der Waals surface area (Å²) in [6.07, 6.45) is 3.75. The van der Waals surface area contributed by atoms with Crippen molar-refractivity contribution >= 4 is 11.8 Å². The van der Waals surface area contributed by atoms with Crippen molar-refractivity contribution in [2.75, 3.05) is 51.7 Å². The maximum atomic E-state index is 5.71. The molecule has 2 aliphatic rings. The van der Waals surface area contributed by atoms with Crippen molar-refractivity contribution in [3.63, 3.8) is 0 Å². The molecule has 0 spiro atoms. The van der Waals surface area contributed by atoms with E-state index in [1.54, 1.807) is 0 Å². The van der Waals surface area contributed by atoms with E-state index in [9.17, 15) is 0 Å². The molecule has 0 radical (unpaired) electrons. The Morgan fingerprint density at radius 1 is 1.42 bits per heavy atom. The monoisotopic (exact) mass is 286 g/mol. The lowest BCUT2D eigenvalue weighted by Gasteiger charge is -2.38. The van der Waals surface area contributed by atoms with Crippen molar-refractivity contribution in [3.8, 4) is 0 Å². The van der Waals surface area contributed by atoms with Gasteiger partial charge >= 0.3 is 0 Å². The van der Waals surface area contributed by atoms with Gasteiger partial charge in [-0.1, -0.05) is 13.8 Å². The number of ether oxygens (including phenoxy) is 1. The van der Waals surface area contributed by atoms with Crippen LogP contribution in [-0.4, -0.2) is 61.8 Å². The van der Waals surface area contributed by atoms with Crippen molar-refractivity contribution in [2.24, 2.45) is 5.41 Å². The summed E-state index contributed by atoms with van der Waals surface area (Å²) in [5, 5.41) is 4.46. The number of hydrogen-bond acceptors (Lipinski definition) is 4. The predicted octanol–water partition coefficient (Wildman–Crippen LogP) is 2.22. The Morgan fingerprint density at radius 2 is 2.32 bits per heavy atom. The summed E-state index contributed by atoms with van der Waals surface area (Å²) >= 11 is 2.16. The molecule has 1 N–H and O–H groups in total. The third-order valence-corrected chi connectivity index (χ3v) is 5.72. The second kappa shape index (κ2) is 7.87. The van der Waals surface area contributed by atoms with Gasteiger partial charge in [0, 0.05) is 49.2 Å². The van der Waals surface area contributed by atoms with Crippen LogP contribution in [0.5, 0.6) is 0 Å². The highest BCUT2D eigenvalue weighted by atomic mass is 32.2. The molecule has 2 heterocycles. The maximum Gasteiger partial charge on any atom is 0.0547 e. The zero-order chi connectivity index (χ0) is 13.6. The van der Waals surface area contributed by atoms with Gasteiger partial charge < -0.3 is 15.0 Å². The van der Waals surface area contributed by atoms with E-state index in [2.05, 4.69) is 35.8 Å². The summed E-state index contributed by atoms with van der Waals surface area (Å²) in [5.41, 5.74) is 0.371. The molecule has 0 bridgehead atoms. The van der Waals surface area contributed by atoms with Crippen LogP contribution < -0.4 is 5.32 Å². The summed E-state index contributed by atoms with van der Waals surface area (Å²) < 4.78 is 5.71. The van der Waals surface area contributed by atoms with Gasteiger partial charge in [0.25, 0.3) is 0 Å². The van der Waals surface area contributed by atoms with Crippen LogP contribution in [0.25, 0.3) is 0 Å². The highest BCUT2D eigenvalue weighted by Gasteiger charge is 2.37. The Hall–Kier alpha value is 0.230. The number of hydrogen-bond donors (Lipinski definition) is 1. The van der Waals surface area contributed by atoms with Gasteiger partial charge in [-0.2, -0.15) is 11.8 Å². The average molecular weight is 286 g/mol. The van der Waals surface area contributed by atoms with E-state index in [1.165, 1.54) is 44.6 Å². The van der Waals surface area contributed by atoms with E-state index in [0.29, 0.717) is 5.41 Å². The van der Waals surface area contributed by atoms with Gasteiger partial charge in [-0.15, -0.1) is 0 Å². The Morgan fingerprint density at radius 3 is 3.00 bits per heavy atom. The summed E-state index contributed by atoms with van der Waals surface area (Å²) in [6, 6.07) is 0. The molecule has 0 aromatic carbocycles. The highest BCUT2D eigenvalue weighted by Crippen LogP contribution is 2.31. The zero-order valence-electron chi connectivity index (χ0n) is 12.6. The molecule has 19 heavy (non-hydrogen) atoms. The first-order valence-corrected chi connectivity index (χ1v) is 8.95. The SMILES string of the molecule is CCCNCC1(CN2CCSC(CC)C2)CCOC1. The van der Waals surface area contributed by atoms with Crippen molar-refractivity contribution < 1.29 is 4.74 Å². The fraction of sp³-hybridized carbons (Fsp3) is 1.00. The van der Waals surface area contributed by atoms with Crippen molar-refractivity contribution in [2.45, 2.75) is 38.4 Å². The molecule has 0 saturated carbocycles. The lowest BCUT2D eigenvalue weighted by Crippen LogP contribution is -2.48. The Balaban J connectivity index is 1.85. The molecule has 0 aliphatic carbocycles. The Kier molecular flexibility index (Phi) is 6.46. The molecule has 2 fully saturated rings. The molecule has 0 aromatic heterocycles. The van der Waals surface area contributed by atoms with Crippen molar-refractivity contribution in [3.05, 3.63) is 0 Å². The highest BCUT2D eigenvalue weighted by molar-refractivity contribution is 8.00. The number of thioether (sulfide) groups is 1. The molecule has 2 rings (SSSR count). The van der Waals surface area contributed by atoms with Crippen molar-refractivity contribution in [1.82, 2.24) is 10.2 Å². The molecular weight excluding hydrogens is 256 g/mol. The smallest absolute Gasteiger partial charge is 0.0547 e. The number of rotatable bonds is 7. The van der Waals surface area contributed by atoms with E-state index in [4.69, 9.17) is 4.74 Å². The van der Waals surface area contributed by atoms with Gasteiger partial charge in [-0.25, -0.2) is 0 Å². The minimum absolute atomic E-state index is 0.371. The van der Waals surface area contributed by atoms with Crippen LogP contribution in [0.2, 0.25) is 0 Å². The normalized spacial score (nSPS) is 32.8. The first-order chi connectivity index (χ1) is 9.28. The molecule has 112 valence electrons. The minimum atomic E-state index is 0.371. The fourth-order valence-electron chi connectivity index (χ4n) is 3.15. The number of nitrogens with zero attached hydrogens (tertiary/aromatic N) is 1. The van der Waals surface area contributed by atoms with Crippen LogP contribution in [0.4, 0.5) is 0 Å². The molecule has 4 heteroatoms. The van der Waals surface area contributed by atoms with E-state index >= 15 is 0 Å². The van der Waals surface area contributed by atoms with E-state index in [-0.39, 0.29) is 0 Å². The van der Waals surface area contributed by atoms with E-state index < -0.39 is 0 Å². The predicted molar refractivity (Wildman–Crippen MR) is 84.0 cm³/mol. The Labute approximate surface area is 122 Å². The first kappa shape index (κ1) is 15.6. The molecule has 2 unspecified atom stereocenters. The largest absolute Gasteiger partial charge is 0.381 e. The molecule has 0 amide bonds. The quantitative estimate of drug-likeness (QED) is 0.725. The second-order valence-electron chi connectivity index (χ2n) is 6.12. The van der Waals surface area contributed by atoms with Crippen LogP contribution in [0.1, 0.15) is 33.1 Å². The molecule has 2 saturated heterocycles. The summed E-state index contributed by atoms with van der Waals surface area (Å²) in [5.74, 6) is 1.30. The zero-order valence-corrected chi connectivity index (χ0v) is 13.4. The van der Waals surface area contributed by atoms with Crippen molar-refractivity contribution in [1.29, 1.82) is 0 Å². The van der Waals surface area contributed by atoms with E-state index in [1.807, 2.05) is 0 Å². The Bertz CT molecular complexity index is 257. The molecule has 0 aromatic rings. The molecule has 2 atom stereocenters. The van der Waals surface area contributed by atoms with Crippen LogP contribution in [0, 0.1) is 5.41 Å². The lowest BCUT2D eigenvalue weighted by atomic mass is 9.86.